The number of rotatable bonds is 3. The van der Waals surface area contributed by atoms with Gasteiger partial charge in [-0.25, -0.2) is 0 Å². The Balaban J connectivity index is 1.86. The summed E-state index contributed by atoms with van der Waals surface area (Å²) < 4.78 is 0. The second-order valence-electron chi connectivity index (χ2n) is 6.96. The van der Waals surface area contributed by atoms with Gasteiger partial charge >= 0.3 is 0 Å². The van der Waals surface area contributed by atoms with E-state index in [9.17, 15) is 4.79 Å². The summed E-state index contributed by atoms with van der Waals surface area (Å²) >= 11 is 0. The van der Waals surface area contributed by atoms with Crippen LogP contribution in [0.1, 0.15) is 42.3 Å². The van der Waals surface area contributed by atoms with Crippen molar-refractivity contribution < 1.29 is 4.79 Å². The molecule has 0 aliphatic heterocycles. The van der Waals surface area contributed by atoms with Crippen molar-refractivity contribution >= 4 is 16.7 Å². The van der Waals surface area contributed by atoms with Crippen LogP contribution in [0.25, 0.3) is 10.9 Å². The highest BCUT2D eigenvalue weighted by molar-refractivity contribution is 5.98. The van der Waals surface area contributed by atoms with Crippen molar-refractivity contribution in [3.63, 3.8) is 0 Å². The maximum atomic E-state index is 12.6. The van der Waals surface area contributed by atoms with E-state index in [4.69, 9.17) is 0 Å². The van der Waals surface area contributed by atoms with Crippen molar-refractivity contribution in [2.75, 3.05) is 0 Å². The van der Waals surface area contributed by atoms with Crippen LogP contribution in [0.4, 0.5) is 0 Å². The SMILES string of the molecule is CC(C)(C)c1cccc(C(=O)Cc2ccc3ncccc3c2)c1. The van der Waals surface area contributed by atoms with Crippen LogP contribution >= 0.6 is 0 Å². The molecule has 116 valence electrons. The van der Waals surface area contributed by atoms with Crippen molar-refractivity contribution in [2.24, 2.45) is 0 Å². The predicted octanol–water partition coefficient (Wildman–Crippen LogP) is 4.96. The van der Waals surface area contributed by atoms with Crippen molar-refractivity contribution in [3.8, 4) is 0 Å². The molecule has 0 spiro atoms. The lowest BCUT2D eigenvalue weighted by molar-refractivity contribution is 0.0993. The Morgan fingerprint density at radius 2 is 1.83 bits per heavy atom. The standard InChI is InChI=1S/C21H21NO/c1-21(2,3)18-8-4-6-17(14-18)20(23)13-15-9-10-19-16(12-15)7-5-11-22-19/h4-12,14H,13H2,1-3H3. The summed E-state index contributed by atoms with van der Waals surface area (Å²) in [6.07, 6.45) is 2.20. The molecule has 0 N–H and O–H groups in total. The highest BCUT2D eigenvalue weighted by Gasteiger charge is 2.16. The third kappa shape index (κ3) is 3.48. The molecule has 0 atom stereocenters. The highest BCUT2D eigenvalue weighted by Crippen LogP contribution is 2.23. The minimum Gasteiger partial charge on any atom is -0.294 e. The molecule has 0 saturated carbocycles. The molecule has 3 aromatic rings. The molecule has 0 aliphatic rings. The molecule has 1 heterocycles. The molecule has 2 aromatic carbocycles. The molecule has 2 heteroatoms. The van der Waals surface area contributed by atoms with Crippen molar-refractivity contribution in [1.82, 2.24) is 4.98 Å². The van der Waals surface area contributed by atoms with E-state index in [-0.39, 0.29) is 11.2 Å². The Labute approximate surface area is 137 Å². The van der Waals surface area contributed by atoms with Crippen molar-refractivity contribution in [1.29, 1.82) is 0 Å². The van der Waals surface area contributed by atoms with Gasteiger partial charge in [0, 0.05) is 23.6 Å². The van der Waals surface area contributed by atoms with Crippen LogP contribution < -0.4 is 0 Å². The van der Waals surface area contributed by atoms with Crippen LogP contribution in [-0.4, -0.2) is 10.8 Å². The number of Topliss-reactive ketones (excluding diaryl/α,β-unsaturated/α-hetero) is 1. The van der Waals surface area contributed by atoms with Gasteiger partial charge < -0.3 is 0 Å². The van der Waals surface area contributed by atoms with E-state index < -0.39 is 0 Å². The summed E-state index contributed by atoms with van der Waals surface area (Å²) in [7, 11) is 0. The second-order valence-corrected chi connectivity index (χ2v) is 6.96. The lowest BCUT2D eigenvalue weighted by Crippen LogP contribution is -2.12. The van der Waals surface area contributed by atoms with E-state index in [1.807, 2.05) is 48.5 Å². The smallest absolute Gasteiger partial charge is 0.167 e. The first kappa shape index (κ1) is 15.4. The van der Waals surface area contributed by atoms with Crippen LogP contribution in [0.15, 0.2) is 60.8 Å². The number of hydrogen-bond donors (Lipinski definition) is 0. The van der Waals surface area contributed by atoms with Crippen LogP contribution in [0.2, 0.25) is 0 Å². The Morgan fingerprint density at radius 1 is 1.00 bits per heavy atom. The van der Waals surface area contributed by atoms with Crippen LogP contribution in [0.3, 0.4) is 0 Å². The van der Waals surface area contributed by atoms with Gasteiger partial charge in [0.2, 0.25) is 0 Å². The van der Waals surface area contributed by atoms with Gasteiger partial charge in [0.25, 0.3) is 0 Å². The monoisotopic (exact) mass is 303 g/mol. The first-order valence-electron chi connectivity index (χ1n) is 7.91. The zero-order chi connectivity index (χ0) is 16.4. The Bertz CT molecular complexity index is 859. The minimum atomic E-state index is 0.0465. The third-order valence-corrected chi connectivity index (χ3v) is 4.08. The first-order chi connectivity index (χ1) is 10.9. The Morgan fingerprint density at radius 3 is 2.61 bits per heavy atom. The zero-order valence-corrected chi connectivity index (χ0v) is 13.8. The second kappa shape index (κ2) is 5.96. The van der Waals surface area contributed by atoms with E-state index in [0.717, 1.165) is 22.0 Å². The van der Waals surface area contributed by atoms with Gasteiger partial charge in [-0.05, 0) is 40.8 Å². The number of fused-ring (bicyclic) bond motifs is 1. The first-order valence-corrected chi connectivity index (χ1v) is 7.91. The van der Waals surface area contributed by atoms with Gasteiger partial charge in [-0.1, -0.05) is 51.1 Å². The van der Waals surface area contributed by atoms with Gasteiger partial charge in [-0.2, -0.15) is 0 Å². The average Bonchev–Trinajstić information content (AvgIpc) is 2.54. The molecule has 2 nitrogen and oxygen atoms in total. The fraction of sp³-hybridized carbons (Fsp3) is 0.238. The normalized spacial score (nSPS) is 11.6. The average molecular weight is 303 g/mol. The minimum absolute atomic E-state index is 0.0465. The van der Waals surface area contributed by atoms with E-state index in [1.165, 1.54) is 5.56 Å². The van der Waals surface area contributed by atoms with Crippen molar-refractivity contribution in [3.05, 3.63) is 77.5 Å². The number of carbonyl (C=O) groups is 1. The molecule has 23 heavy (non-hydrogen) atoms. The predicted molar refractivity (Wildman–Crippen MR) is 94.9 cm³/mol. The molecule has 0 radical (unpaired) electrons. The third-order valence-electron chi connectivity index (χ3n) is 4.08. The molecule has 3 rings (SSSR count). The summed E-state index contributed by atoms with van der Waals surface area (Å²) in [5.74, 6) is 0.152. The number of pyridine rings is 1. The Hall–Kier alpha value is -2.48. The van der Waals surface area contributed by atoms with Gasteiger partial charge in [0.1, 0.15) is 0 Å². The zero-order valence-electron chi connectivity index (χ0n) is 13.8. The van der Waals surface area contributed by atoms with Gasteiger partial charge in [-0.15, -0.1) is 0 Å². The van der Waals surface area contributed by atoms with E-state index in [1.54, 1.807) is 6.20 Å². The summed E-state index contributed by atoms with van der Waals surface area (Å²) in [5, 5.41) is 1.07. The van der Waals surface area contributed by atoms with Crippen LogP contribution in [0.5, 0.6) is 0 Å². The lowest BCUT2D eigenvalue weighted by atomic mass is 9.85. The number of benzene rings is 2. The number of hydrogen-bond acceptors (Lipinski definition) is 2. The van der Waals surface area contributed by atoms with Crippen LogP contribution in [-0.2, 0) is 11.8 Å². The highest BCUT2D eigenvalue weighted by atomic mass is 16.1. The summed E-state index contributed by atoms with van der Waals surface area (Å²) in [6, 6.07) is 17.9. The fourth-order valence-corrected chi connectivity index (χ4v) is 2.68. The molecule has 0 amide bonds. The lowest BCUT2D eigenvalue weighted by Gasteiger charge is -2.19. The van der Waals surface area contributed by atoms with E-state index in [0.29, 0.717) is 6.42 Å². The maximum absolute atomic E-state index is 12.6. The molecule has 1 aromatic heterocycles. The van der Waals surface area contributed by atoms with Gasteiger partial charge in [0.05, 0.1) is 5.52 Å². The largest absolute Gasteiger partial charge is 0.294 e. The van der Waals surface area contributed by atoms with Crippen LogP contribution in [0, 0.1) is 0 Å². The molecule has 0 aliphatic carbocycles. The molecule has 0 unspecified atom stereocenters. The maximum Gasteiger partial charge on any atom is 0.167 e. The number of carbonyl (C=O) groups excluding carboxylic acids is 1. The van der Waals surface area contributed by atoms with E-state index in [2.05, 4.69) is 31.8 Å². The molecular formula is C21H21NO. The topological polar surface area (TPSA) is 30.0 Å². The van der Waals surface area contributed by atoms with Crippen molar-refractivity contribution in [2.45, 2.75) is 32.6 Å². The fourth-order valence-electron chi connectivity index (χ4n) is 2.68. The summed E-state index contributed by atoms with van der Waals surface area (Å²) in [4.78, 5) is 16.9. The quantitative estimate of drug-likeness (QED) is 0.640. The molecule has 0 fully saturated rings. The number of aromatic nitrogens is 1. The summed E-state index contributed by atoms with van der Waals surface area (Å²) in [5.41, 5.74) is 4.00. The summed E-state index contributed by atoms with van der Waals surface area (Å²) in [6.45, 7) is 6.48. The molecule has 0 bridgehead atoms. The molecule has 0 saturated heterocycles. The number of ketones is 1. The Kier molecular flexibility index (Phi) is 3.99. The van der Waals surface area contributed by atoms with E-state index >= 15 is 0 Å². The molecular weight excluding hydrogens is 282 g/mol. The van der Waals surface area contributed by atoms with Gasteiger partial charge in [0.15, 0.2) is 5.78 Å². The number of nitrogens with zero attached hydrogens (tertiary/aromatic N) is 1. The van der Waals surface area contributed by atoms with Gasteiger partial charge in [-0.3, -0.25) is 9.78 Å².